The standard InChI is InChI=1S/C21H23Cl2NO4/c22-18-2-1-3-19(23)17(18)9-12-27-16-6-4-15(5-7-16)20-14-24(11-13-28-20)10-8-21(25)26/h1-7,20H,8-14H2,(H,25,26). The summed E-state index contributed by atoms with van der Waals surface area (Å²) in [6, 6.07) is 13.3. The maximum Gasteiger partial charge on any atom is 0.304 e. The van der Waals surface area contributed by atoms with Gasteiger partial charge in [-0.15, -0.1) is 0 Å². The van der Waals surface area contributed by atoms with Crippen LogP contribution in [0.15, 0.2) is 42.5 Å². The zero-order valence-corrected chi connectivity index (χ0v) is 17.0. The highest BCUT2D eigenvalue weighted by molar-refractivity contribution is 6.35. The molecule has 0 saturated carbocycles. The van der Waals surface area contributed by atoms with E-state index in [1.165, 1.54) is 0 Å². The van der Waals surface area contributed by atoms with Crippen molar-refractivity contribution in [2.75, 3.05) is 32.8 Å². The molecular weight excluding hydrogens is 401 g/mol. The number of ether oxygens (including phenoxy) is 2. The summed E-state index contributed by atoms with van der Waals surface area (Å²) in [5.41, 5.74) is 1.95. The predicted molar refractivity (Wildman–Crippen MR) is 109 cm³/mol. The fourth-order valence-corrected chi connectivity index (χ4v) is 3.77. The van der Waals surface area contributed by atoms with Gasteiger partial charge in [0.25, 0.3) is 0 Å². The van der Waals surface area contributed by atoms with E-state index in [-0.39, 0.29) is 12.5 Å². The van der Waals surface area contributed by atoms with Gasteiger partial charge >= 0.3 is 5.97 Å². The number of halogens is 2. The summed E-state index contributed by atoms with van der Waals surface area (Å²) in [6.07, 6.45) is 0.720. The molecule has 0 aliphatic carbocycles. The van der Waals surface area contributed by atoms with Crippen molar-refractivity contribution in [2.45, 2.75) is 18.9 Å². The highest BCUT2D eigenvalue weighted by Crippen LogP contribution is 2.26. The molecule has 1 atom stereocenters. The smallest absolute Gasteiger partial charge is 0.304 e. The number of carboxylic acid groups (broad SMARTS) is 1. The normalized spacial score (nSPS) is 17.4. The molecule has 150 valence electrons. The van der Waals surface area contributed by atoms with E-state index in [1.54, 1.807) is 0 Å². The van der Waals surface area contributed by atoms with Gasteiger partial charge in [0.05, 0.1) is 25.7 Å². The summed E-state index contributed by atoms with van der Waals surface area (Å²) in [7, 11) is 0. The minimum atomic E-state index is -0.775. The lowest BCUT2D eigenvalue weighted by Crippen LogP contribution is -2.39. The zero-order valence-electron chi connectivity index (χ0n) is 15.4. The van der Waals surface area contributed by atoms with Gasteiger partial charge in [-0.1, -0.05) is 41.4 Å². The Balaban J connectivity index is 1.51. The molecule has 7 heteroatoms. The van der Waals surface area contributed by atoms with E-state index in [1.807, 2.05) is 42.5 Å². The van der Waals surface area contributed by atoms with E-state index in [0.29, 0.717) is 42.8 Å². The highest BCUT2D eigenvalue weighted by atomic mass is 35.5. The molecule has 0 radical (unpaired) electrons. The maximum absolute atomic E-state index is 10.8. The van der Waals surface area contributed by atoms with Crippen molar-refractivity contribution < 1.29 is 19.4 Å². The molecule has 0 aromatic heterocycles. The number of aliphatic carboxylic acids is 1. The minimum Gasteiger partial charge on any atom is -0.493 e. The van der Waals surface area contributed by atoms with Gasteiger partial charge in [-0.25, -0.2) is 0 Å². The van der Waals surface area contributed by atoms with Crippen LogP contribution in [-0.2, 0) is 16.0 Å². The molecule has 1 heterocycles. The van der Waals surface area contributed by atoms with E-state index >= 15 is 0 Å². The molecular formula is C21H23Cl2NO4. The van der Waals surface area contributed by atoms with Gasteiger partial charge in [0.15, 0.2) is 0 Å². The molecule has 1 aliphatic heterocycles. The number of morpholine rings is 1. The number of carbonyl (C=O) groups is 1. The van der Waals surface area contributed by atoms with Crippen LogP contribution in [0.4, 0.5) is 0 Å². The first-order valence-electron chi connectivity index (χ1n) is 9.24. The minimum absolute atomic E-state index is 0.0569. The Morgan fingerprint density at radius 2 is 1.89 bits per heavy atom. The van der Waals surface area contributed by atoms with Crippen LogP contribution in [-0.4, -0.2) is 48.8 Å². The van der Waals surface area contributed by atoms with Crippen LogP contribution < -0.4 is 4.74 Å². The van der Waals surface area contributed by atoms with Crippen molar-refractivity contribution in [3.05, 3.63) is 63.6 Å². The Bertz CT molecular complexity index is 777. The Labute approximate surface area is 174 Å². The second-order valence-electron chi connectivity index (χ2n) is 6.67. The number of hydrogen-bond acceptors (Lipinski definition) is 4. The first-order chi connectivity index (χ1) is 13.5. The van der Waals surface area contributed by atoms with Crippen molar-refractivity contribution in [3.63, 3.8) is 0 Å². The van der Waals surface area contributed by atoms with E-state index < -0.39 is 5.97 Å². The van der Waals surface area contributed by atoms with Crippen LogP contribution in [0.1, 0.15) is 23.7 Å². The summed E-state index contributed by atoms with van der Waals surface area (Å²) in [6.45, 7) is 3.07. The van der Waals surface area contributed by atoms with Gasteiger partial charge in [-0.2, -0.15) is 0 Å². The van der Waals surface area contributed by atoms with Gasteiger partial charge in [0, 0.05) is 36.1 Å². The third kappa shape index (κ3) is 5.85. The van der Waals surface area contributed by atoms with Crippen molar-refractivity contribution in [1.29, 1.82) is 0 Å². The second kappa shape index (κ2) is 10.1. The molecule has 0 spiro atoms. The van der Waals surface area contributed by atoms with Gasteiger partial charge < -0.3 is 14.6 Å². The number of benzene rings is 2. The molecule has 0 amide bonds. The van der Waals surface area contributed by atoms with E-state index in [4.69, 9.17) is 37.8 Å². The monoisotopic (exact) mass is 423 g/mol. The molecule has 28 heavy (non-hydrogen) atoms. The van der Waals surface area contributed by atoms with E-state index in [9.17, 15) is 4.79 Å². The van der Waals surface area contributed by atoms with Crippen molar-refractivity contribution in [1.82, 2.24) is 4.90 Å². The van der Waals surface area contributed by atoms with Crippen LogP contribution >= 0.6 is 23.2 Å². The topological polar surface area (TPSA) is 59.0 Å². The third-order valence-corrected chi connectivity index (χ3v) is 5.44. The lowest BCUT2D eigenvalue weighted by molar-refractivity contribution is -0.137. The lowest BCUT2D eigenvalue weighted by atomic mass is 10.1. The van der Waals surface area contributed by atoms with Crippen molar-refractivity contribution >= 4 is 29.2 Å². The van der Waals surface area contributed by atoms with Crippen LogP contribution in [0.2, 0.25) is 10.0 Å². The lowest BCUT2D eigenvalue weighted by Gasteiger charge is -2.32. The molecule has 2 aromatic rings. The fraction of sp³-hybridized carbons (Fsp3) is 0.381. The van der Waals surface area contributed by atoms with Gasteiger partial charge in [0.2, 0.25) is 0 Å². The predicted octanol–water partition coefficient (Wildman–Crippen LogP) is 4.46. The van der Waals surface area contributed by atoms with Crippen molar-refractivity contribution in [3.8, 4) is 5.75 Å². The first-order valence-corrected chi connectivity index (χ1v) is 10.00. The average molecular weight is 424 g/mol. The molecule has 1 unspecified atom stereocenters. The SMILES string of the molecule is O=C(O)CCN1CCOC(c2ccc(OCCc3c(Cl)cccc3Cl)cc2)C1. The van der Waals surface area contributed by atoms with Gasteiger partial charge in [0.1, 0.15) is 5.75 Å². The molecule has 1 saturated heterocycles. The number of carboxylic acids is 1. The summed E-state index contributed by atoms with van der Waals surface area (Å²) < 4.78 is 11.7. The van der Waals surface area contributed by atoms with Crippen LogP contribution in [0, 0.1) is 0 Å². The zero-order chi connectivity index (χ0) is 19.9. The molecule has 5 nitrogen and oxygen atoms in total. The van der Waals surface area contributed by atoms with E-state index in [2.05, 4.69) is 4.90 Å². The van der Waals surface area contributed by atoms with Gasteiger partial charge in [-0.3, -0.25) is 9.69 Å². The number of nitrogens with zero attached hydrogens (tertiary/aromatic N) is 1. The number of rotatable bonds is 8. The Kier molecular flexibility index (Phi) is 7.57. The molecule has 1 fully saturated rings. The average Bonchev–Trinajstić information content (AvgIpc) is 2.69. The summed E-state index contributed by atoms with van der Waals surface area (Å²) in [4.78, 5) is 12.9. The number of hydrogen-bond donors (Lipinski definition) is 1. The van der Waals surface area contributed by atoms with Crippen LogP contribution in [0.3, 0.4) is 0 Å². The van der Waals surface area contributed by atoms with Crippen molar-refractivity contribution in [2.24, 2.45) is 0 Å². The summed E-state index contributed by atoms with van der Waals surface area (Å²) in [5.74, 6) is -0.00640. The highest BCUT2D eigenvalue weighted by Gasteiger charge is 2.22. The summed E-state index contributed by atoms with van der Waals surface area (Å²) in [5, 5.41) is 10.1. The Hall–Kier alpha value is -1.79. The third-order valence-electron chi connectivity index (χ3n) is 4.73. The fourth-order valence-electron chi connectivity index (χ4n) is 3.18. The summed E-state index contributed by atoms with van der Waals surface area (Å²) >= 11 is 12.4. The Morgan fingerprint density at radius 3 is 2.57 bits per heavy atom. The quantitative estimate of drug-likeness (QED) is 0.678. The molecule has 0 bridgehead atoms. The molecule has 1 aliphatic rings. The first kappa shape index (κ1) is 20.9. The Morgan fingerprint density at radius 1 is 1.18 bits per heavy atom. The maximum atomic E-state index is 10.8. The van der Waals surface area contributed by atoms with Crippen LogP contribution in [0.25, 0.3) is 0 Å². The second-order valence-corrected chi connectivity index (χ2v) is 7.49. The largest absolute Gasteiger partial charge is 0.493 e. The van der Waals surface area contributed by atoms with Gasteiger partial charge in [-0.05, 0) is 35.4 Å². The van der Waals surface area contributed by atoms with E-state index in [0.717, 1.165) is 23.4 Å². The molecule has 2 aromatic carbocycles. The molecule has 1 N–H and O–H groups in total. The molecule has 3 rings (SSSR count). The van der Waals surface area contributed by atoms with Crippen LogP contribution in [0.5, 0.6) is 5.75 Å².